The maximum Gasteiger partial charge on any atom is 0.253 e. The molecule has 0 spiro atoms. The Labute approximate surface area is 156 Å². The van der Waals surface area contributed by atoms with Crippen molar-refractivity contribution >= 4 is 79.6 Å². The van der Waals surface area contributed by atoms with E-state index in [9.17, 15) is 14.7 Å². The standard InChI is InChI=1S/C11H11I3N2O4/c12-6-1-5(10(15)19)8(13)7(9(6)14)11(20)16-2-4(18)3-17/h1,4,17-18H,2-3H2,(H2,15,19)(H,16,20). The summed E-state index contributed by atoms with van der Waals surface area (Å²) in [6, 6.07) is 1.63. The molecule has 0 saturated heterocycles. The quantitative estimate of drug-likeness (QED) is 0.288. The van der Waals surface area contributed by atoms with Crippen molar-refractivity contribution in [3.05, 3.63) is 27.9 Å². The number of rotatable bonds is 5. The Morgan fingerprint density at radius 3 is 2.40 bits per heavy atom. The molecule has 1 aromatic carbocycles. The van der Waals surface area contributed by atoms with E-state index in [-0.39, 0.29) is 12.1 Å². The summed E-state index contributed by atoms with van der Waals surface area (Å²) in [7, 11) is 0. The number of primary amides is 1. The van der Waals surface area contributed by atoms with E-state index in [0.29, 0.717) is 12.7 Å². The number of carbonyl (C=O) groups is 2. The Kier molecular flexibility index (Phi) is 7.37. The van der Waals surface area contributed by atoms with Crippen LogP contribution < -0.4 is 11.1 Å². The third kappa shape index (κ3) is 4.38. The molecule has 1 atom stereocenters. The molecule has 0 bridgehead atoms. The Hall–Kier alpha value is 0.270. The molecule has 0 aliphatic rings. The highest BCUT2D eigenvalue weighted by molar-refractivity contribution is 14.1. The van der Waals surface area contributed by atoms with Crippen molar-refractivity contribution in [2.45, 2.75) is 6.10 Å². The number of aliphatic hydroxyl groups excluding tert-OH is 2. The summed E-state index contributed by atoms with van der Waals surface area (Å²) >= 11 is 5.93. The second kappa shape index (κ2) is 8.05. The summed E-state index contributed by atoms with van der Waals surface area (Å²) in [5, 5.41) is 20.5. The summed E-state index contributed by atoms with van der Waals surface area (Å²) in [6.07, 6.45) is -1.02. The first kappa shape index (κ1) is 18.3. The third-order valence-corrected chi connectivity index (χ3v) is 6.48. The lowest BCUT2D eigenvalue weighted by Crippen LogP contribution is -2.35. The Morgan fingerprint density at radius 1 is 1.30 bits per heavy atom. The molecule has 110 valence electrons. The number of nitrogens with two attached hydrogens (primary N) is 1. The van der Waals surface area contributed by atoms with Gasteiger partial charge < -0.3 is 21.3 Å². The van der Waals surface area contributed by atoms with Crippen molar-refractivity contribution < 1.29 is 19.8 Å². The van der Waals surface area contributed by atoms with Gasteiger partial charge in [0.15, 0.2) is 0 Å². The van der Waals surface area contributed by atoms with Gasteiger partial charge in [0.05, 0.1) is 23.8 Å². The molecule has 20 heavy (non-hydrogen) atoms. The van der Waals surface area contributed by atoms with Crippen molar-refractivity contribution in [2.75, 3.05) is 13.2 Å². The zero-order valence-corrected chi connectivity index (χ0v) is 16.5. The van der Waals surface area contributed by atoms with Crippen LogP contribution in [0.4, 0.5) is 0 Å². The van der Waals surface area contributed by atoms with E-state index in [1.165, 1.54) is 0 Å². The molecule has 5 N–H and O–H groups in total. The lowest BCUT2D eigenvalue weighted by molar-refractivity contribution is 0.0800. The molecule has 6 nitrogen and oxygen atoms in total. The van der Waals surface area contributed by atoms with Crippen LogP contribution in [0.15, 0.2) is 6.07 Å². The number of benzene rings is 1. The van der Waals surface area contributed by atoms with E-state index in [1.807, 2.05) is 67.8 Å². The largest absolute Gasteiger partial charge is 0.394 e. The predicted molar refractivity (Wildman–Crippen MR) is 98.5 cm³/mol. The van der Waals surface area contributed by atoms with E-state index in [2.05, 4.69) is 5.32 Å². The molecule has 0 aliphatic heterocycles. The average molecular weight is 616 g/mol. The van der Waals surface area contributed by atoms with Gasteiger partial charge in [-0.1, -0.05) is 0 Å². The van der Waals surface area contributed by atoms with Gasteiger partial charge in [-0.3, -0.25) is 9.59 Å². The minimum Gasteiger partial charge on any atom is -0.394 e. The Morgan fingerprint density at radius 2 is 1.90 bits per heavy atom. The Balaban J connectivity index is 3.16. The van der Waals surface area contributed by atoms with Gasteiger partial charge in [-0.2, -0.15) is 0 Å². The second-order valence-electron chi connectivity index (χ2n) is 3.82. The van der Waals surface area contributed by atoms with Gasteiger partial charge in [-0.25, -0.2) is 0 Å². The number of hydrogen-bond acceptors (Lipinski definition) is 4. The molecule has 0 fully saturated rings. The van der Waals surface area contributed by atoms with Crippen molar-refractivity contribution in [1.29, 1.82) is 0 Å². The maximum atomic E-state index is 12.2. The second-order valence-corrected chi connectivity index (χ2v) is 7.14. The van der Waals surface area contributed by atoms with Crippen LogP contribution in [0.5, 0.6) is 0 Å². The van der Waals surface area contributed by atoms with Crippen molar-refractivity contribution in [3.8, 4) is 0 Å². The maximum absolute atomic E-state index is 12.2. The van der Waals surface area contributed by atoms with Crippen LogP contribution in [0.3, 0.4) is 0 Å². The van der Waals surface area contributed by atoms with Crippen molar-refractivity contribution in [3.63, 3.8) is 0 Å². The molecule has 1 rings (SSSR count). The highest BCUT2D eigenvalue weighted by Crippen LogP contribution is 2.27. The van der Waals surface area contributed by atoms with E-state index < -0.39 is 24.5 Å². The van der Waals surface area contributed by atoms with Crippen LogP contribution in [-0.4, -0.2) is 41.3 Å². The van der Waals surface area contributed by atoms with Crippen LogP contribution in [0.1, 0.15) is 20.7 Å². The molecule has 2 amide bonds. The number of carbonyl (C=O) groups excluding carboxylic acids is 2. The molecule has 0 saturated carbocycles. The van der Waals surface area contributed by atoms with Gasteiger partial charge in [-0.05, 0) is 73.8 Å². The highest BCUT2D eigenvalue weighted by atomic mass is 127. The summed E-state index contributed by atoms with van der Waals surface area (Å²) in [5.74, 6) is -1.03. The molecule has 1 unspecified atom stereocenters. The number of nitrogens with one attached hydrogen (secondary N) is 1. The number of hydrogen-bond donors (Lipinski definition) is 4. The van der Waals surface area contributed by atoms with Crippen LogP contribution in [0.25, 0.3) is 0 Å². The van der Waals surface area contributed by atoms with Gasteiger partial charge in [0, 0.05) is 17.3 Å². The van der Waals surface area contributed by atoms with E-state index in [4.69, 9.17) is 10.8 Å². The van der Waals surface area contributed by atoms with E-state index >= 15 is 0 Å². The van der Waals surface area contributed by atoms with E-state index in [1.54, 1.807) is 6.07 Å². The van der Waals surface area contributed by atoms with Crippen LogP contribution >= 0.6 is 67.8 Å². The SMILES string of the molecule is NC(=O)c1cc(I)c(I)c(C(=O)NCC(O)CO)c1I. The zero-order valence-electron chi connectivity index (χ0n) is 9.99. The molecular formula is C11H11I3N2O4. The van der Waals surface area contributed by atoms with Crippen LogP contribution in [-0.2, 0) is 0 Å². The molecule has 0 aromatic heterocycles. The van der Waals surface area contributed by atoms with Gasteiger partial charge in [0.2, 0.25) is 5.91 Å². The first-order valence-corrected chi connectivity index (χ1v) is 8.57. The number of halogens is 3. The van der Waals surface area contributed by atoms with Crippen molar-refractivity contribution in [1.82, 2.24) is 5.32 Å². The monoisotopic (exact) mass is 616 g/mol. The molecule has 0 heterocycles. The smallest absolute Gasteiger partial charge is 0.253 e. The van der Waals surface area contributed by atoms with Gasteiger partial charge >= 0.3 is 0 Å². The predicted octanol–water partition coefficient (Wildman–Crippen LogP) is 0.682. The molecule has 0 radical (unpaired) electrons. The summed E-state index contributed by atoms with van der Waals surface area (Å²) in [6.45, 7) is -0.508. The fourth-order valence-corrected chi connectivity index (χ4v) is 4.05. The van der Waals surface area contributed by atoms with Crippen molar-refractivity contribution in [2.24, 2.45) is 5.73 Å². The lowest BCUT2D eigenvalue weighted by atomic mass is 10.1. The van der Waals surface area contributed by atoms with Crippen LogP contribution in [0, 0.1) is 10.7 Å². The average Bonchev–Trinajstić information content (AvgIpc) is 2.39. The number of amides is 2. The number of aliphatic hydroxyl groups is 2. The highest BCUT2D eigenvalue weighted by Gasteiger charge is 2.22. The zero-order chi connectivity index (χ0) is 15.4. The normalized spacial score (nSPS) is 12.1. The van der Waals surface area contributed by atoms with Gasteiger partial charge in [0.25, 0.3) is 5.91 Å². The fourth-order valence-electron chi connectivity index (χ4n) is 1.35. The Bertz CT molecular complexity index is 551. The first-order valence-electron chi connectivity index (χ1n) is 5.34. The minimum absolute atomic E-state index is 0.0706. The summed E-state index contributed by atoms with van der Waals surface area (Å²) in [4.78, 5) is 23.5. The summed E-state index contributed by atoms with van der Waals surface area (Å²) in [5.41, 5.74) is 5.92. The molecular weight excluding hydrogens is 605 g/mol. The molecule has 9 heteroatoms. The van der Waals surface area contributed by atoms with Gasteiger partial charge in [-0.15, -0.1) is 0 Å². The van der Waals surface area contributed by atoms with Gasteiger partial charge in [0.1, 0.15) is 0 Å². The lowest BCUT2D eigenvalue weighted by Gasteiger charge is -2.14. The van der Waals surface area contributed by atoms with Crippen LogP contribution in [0.2, 0.25) is 0 Å². The first-order chi connectivity index (χ1) is 9.29. The summed E-state index contributed by atoms with van der Waals surface area (Å²) < 4.78 is 1.91. The topological polar surface area (TPSA) is 113 Å². The third-order valence-electron chi connectivity index (χ3n) is 2.36. The molecule has 0 aliphatic carbocycles. The fraction of sp³-hybridized carbons (Fsp3) is 0.273. The van der Waals surface area contributed by atoms with E-state index in [0.717, 1.165) is 3.57 Å². The minimum atomic E-state index is -1.02. The molecule has 1 aromatic rings.